The van der Waals surface area contributed by atoms with Crippen molar-refractivity contribution >= 4 is 5.97 Å². The molecule has 0 amide bonds. The van der Waals surface area contributed by atoms with E-state index in [1.807, 2.05) is 0 Å². The highest BCUT2D eigenvalue weighted by Crippen LogP contribution is 2.26. The zero-order valence-electron chi connectivity index (χ0n) is 10.1. The largest absolute Gasteiger partial charge is 0.481 e. The molecule has 1 N–H and O–H groups in total. The van der Waals surface area contributed by atoms with Gasteiger partial charge in [0.1, 0.15) is 0 Å². The molecule has 3 unspecified atom stereocenters. The Balaban J connectivity index is 2.61. The van der Waals surface area contributed by atoms with E-state index in [4.69, 9.17) is 5.11 Å². The topological polar surface area (TPSA) is 40.5 Å². The number of aliphatic carboxylic acids is 1. The summed E-state index contributed by atoms with van der Waals surface area (Å²) in [4.78, 5) is 13.2. The predicted octanol–water partition coefficient (Wildman–Crippen LogP) is 2.36. The molecule has 1 aliphatic rings. The van der Waals surface area contributed by atoms with E-state index >= 15 is 0 Å². The summed E-state index contributed by atoms with van der Waals surface area (Å²) in [7, 11) is 0. The third-order valence-electron chi connectivity index (χ3n) is 3.77. The van der Waals surface area contributed by atoms with Gasteiger partial charge in [-0.3, -0.25) is 9.69 Å². The van der Waals surface area contributed by atoms with Crippen LogP contribution in [0.1, 0.15) is 46.5 Å². The summed E-state index contributed by atoms with van der Waals surface area (Å²) in [5.74, 6) is 0.0221. The summed E-state index contributed by atoms with van der Waals surface area (Å²) in [6.07, 6.45) is 3.71. The maximum Gasteiger partial charge on any atom is 0.304 e. The van der Waals surface area contributed by atoms with Gasteiger partial charge in [-0.2, -0.15) is 0 Å². The number of carboxylic acid groups (broad SMARTS) is 1. The van der Waals surface area contributed by atoms with Crippen LogP contribution in [-0.4, -0.2) is 34.6 Å². The molecule has 0 aromatic heterocycles. The highest BCUT2D eigenvalue weighted by atomic mass is 16.4. The van der Waals surface area contributed by atoms with Crippen molar-refractivity contribution in [3.05, 3.63) is 0 Å². The molecule has 3 atom stereocenters. The molecule has 3 nitrogen and oxygen atoms in total. The number of hydrogen-bond acceptors (Lipinski definition) is 2. The van der Waals surface area contributed by atoms with Gasteiger partial charge in [-0.1, -0.05) is 13.8 Å². The van der Waals surface area contributed by atoms with Gasteiger partial charge in [-0.15, -0.1) is 0 Å². The van der Waals surface area contributed by atoms with E-state index in [-0.39, 0.29) is 12.5 Å². The van der Waals surface area contributed by atoms with E-state index < -0.39 is 5.97 Å². The molecule has 1 rings (SSSR count). The van der Waals surface area contributed by atoms with E-state index in [0.29, 0.717) is 12.0 Å². The first-order valence-electron chi connectivity index (χ1n) is 6.03. The van der Waals surface area contributed by atoms with Crippen LogP contribution in [0.15, 0.2) is 0 Å². The molecule has 0 bridgehead atoms. The molecule has 15 heavy (non-hydrogen) atoms. The van der Waals surface area contributed by atoms with Gasteiger partial charge in [0, 0.05) is 12.1 Å². The first-order valence-corrected chi connectivity index (χ1v) is 6.03. The molecule has 1 fully saturated rings. The zero-order valence-corrected chi connectivity index (χ0v) is 10.1. The van der Waals surface area contributed by atoms with Gasteiger partial charge in [0.05, 0.1) is 6.42 Å². The van der Waals surface area contributed by atoms with Gasteiger partial charge in [0.25, 0.3) is 0 Å². The van der Waals surface area contributed by atoms with Crippen LogP contribution >= 0.6 is 0 Å². The lowest BCUT2D eigenvalue weighted by Crippen LogP contribution is -2.48. The predicted molar refractivity (Wildman–Crippen MR) is 60.9 cm³/mol. The smallest absolute Gasteiger partial charge is 0.304 e. The minimum atomic E-state index is -0.674. The molecule has 0 spiro atoms. The molecule has 0 aromatic carbocycles. The molecule has 1 saturated heterocycles. The number of piperidine rings is 1. The van der Waals surface area contributed by atoms with E-state index in [0.717, 1.165) is 13.0 Å². The van der Waals surface area contributed by atoms with Crippen molar-refractivity contribution in [1.29, 1.82) is 0 Å². The minimum Gasteiger partial charge on any atom is -0.481 e. The Bertz CT molecular complexity index is 218. The Morgan fingerprint density at radius 2 is 2.20 bits per heavy atom. The number of rotatable bonds is 4. The Labute approximate surface area is 92.5 Å². The van der Waals surface area contributed by atoms with Crippen molar-refractivity contribution in [3.8, 4) is 0 Å². The van der Waals surface area contributed by atoms with Crippen LogP contribution < -0.4 is 0 Å². The van der Waals surface area contributed by atoms with Gasteiger partial charge in [-0.25, -0.2) is 0 Å². The summed E-state index contributed by atoms with van der Waals surface area (Å²) in [6, 6.07) is 0.753. The van der Waals surface area contributed by atoms with Gasteiger partial charge in [0.2, 0.25) is 0 Å². The molecule has 1 aliphatic heterocycles. The van der Waals surface area contributed by atoms with Crippen LogP contribution in [0.2, 0.25) is 0 Å². The van der Waals surface area contributed by atoms with Gasteiger partial charge >= 0.3 is 5.97 Å². The fourth-order valence-corrected chi connectivity index (χ4v) is 2.58. The standard InChI is InChI=1S/C12H23NO2/c1-4-11(8-12(14)15)13-7-5-6-9(2)10(13)3/h9-11H,4-8H2,1-3H3,(H,14,15). The minimum absolute atomic E-state index is 0.222. The van der Waals surface area contributed by atoms with Gasteiger partial charge in [-0.05, 0) is 38.6 Å². The average molecular weight is 213 g/mol. The third-order valence-corrected chi connectivity index (χ3v) is 3.77. The molecule has 0 aromatic rings. The molecule has 3 heteroatoms. The third kappa shape index (κ3) is 3.20. The van der Waals surface area contributed by atoms with E-state index in [2.05, 4.69) is 25.7 Å². The molecular formula is C12H23NO2. The molecule has 1 heterocycles. The second-order valence-electron chi connectivity index (χ2n) is 4.76. The fraction of sp³-hybridized carbons (Fsp3) is 0.917. The van der Waals surface area contributed by atoms with Crippen molar-refractivity contribution in [2.24, 2.45) is 5.92 Å². The lowest BCUT2D eigenvalue weighted by atomic mass is 9.90. The average Bonchev–Trinajstić information content (AvgIpc) is 2.19. The van der Waals surface area contributed by atoms with Crippen molar-refractivity contribution in [3.63, 3.8) is 0 Å². The molecular weight excluding hydrogens is 190 g/mol. The summed E-state index contributed by atoms with van der Waals surface area (Å²) < 4.78 is 0. The number of carbonyl (C=O) groups is 1. The molecule has 0 saturated carbocycles. The summed E-state index contributed by atoms with van der Waals surface area (Å²) in [5, 5.41) is 8.87. The Hall–Kier alpha value is -0.570. The van der Waals surface area contributed by atoms with E-state index in [9.17, 15) is 4.79 Å². The maximum atomic E-state index is 10.8. The van der Waals surface area contributed by atoms with Gasteiger partial charge < -0.3 is 5.11 Å². The van der Waals surface area contributed by atoms with Crippen molar-refractivity contribution in [1.82, 2.24) is 4.90 Å². The maximum absolute atomic E-state index is 10.8. The van der Waals surface area contributed by atoms with E-state index in [1.54, 1.807) is 0 Å². The van der Waals surface area contributed by atoms with Crippen LogP contribution in [0.25, 0.3) is 0 Å². The number of likely N-dealkylation sites (tertiary alicyclic amines) is 1. The number of hydrogen-bond donors (Lipinski definition) is 1. The van der Waals surface area contributed by atoms with Crippen molar-refractivity contribution in [2.45, 2.75) is 58.5 Å². The first-order chi connectivity index (χ1) is 7.06. The Morgan fingerprint density at radius 1 is 1.53 bits per heavy atom. The van der Waals surface area contributed by atoms with Crippen LogP contribution in [0.5, 0.6) is 0 Å². The van der Waals surface area contributed by atoms with E-state index in [1.165, 1.54) is 12.8 Å². The van der Waals surface area contributed by atoms with Crippen LogP contribution in [0, 0.1) is 5.92 Å². The lowest BCUT2D eigenvalue weighted by Gasteiger charge is -2.42. The molecule has 88 valence electrons. The normalized spacial score (nSPS) is 30.1. The van der Waals surface area contributed by atoms with Crippen LogP contribution in [-0.2, 0) is 4.79 Å². The number of carboxylic acids is 1. The second-order valence-corrected chi connectivity index (χ2v) is 4.76. The van der Waals surface area contributed by atoms with Crippen molar-refractivity contribution in [2.75, 3.05) is 6.54 Å². The summed E-state index contributed by atoms with van der Waals surface area (Å²) >= 11 is 0. The quantitative estimate of drug-likeness (QED) is 0.779. The van der Waals surface area contributed by atoms with Crippen LogP contribution in [0.3, 0.4) is 0 Å². The lowest BCUT2D eigenvalue weighted by molar-refractivity contribution is -0.139. The summed E-state index contributed by atoms with van der Waals surface area (Å²) in [5.41, 5.74) is 0. The number of nitrogens with zero attached hydrogens (tertiary/aromatic N) is 1. The molecule has 0 aliphatic carbocycles. The van der Waals surface area contributed by atoms with Crippen LogP contribution in [0.4, 0.5) is 0 Å². The molecule has 0 radical (unpaired) electrons. The highest BCUT2D eigenvalue weighted by Gasteiger charge is 2.30. The monoisotopic (exact) mass is 213 g/mol. The Kier molecular flexibility index (Phi) is 4.58. The SMILES string of the molecule is CCC(CC(=O)O)N1CCCC(C)C1C. The first kappa shape index (κ1) is 12.5. The highest BCUT2D eigenvalue weighted by molar-refractivity contribution is 5.67. The van der Waals surface area contributed by atoms with Crippen molar-refractivity contribution < 1.29 is 9.90 Å². The van der Waals surface area contributed by atoms with Gasteiger partial charge in [0.15, 0.2) is 0 Å². The zero-order chi connectivity index (χ0) is 11.4. The second kappa shape index (κ2) is 5.50. The summed E-state index contributed by atoms with van der Waals surface area (Å²) in [6.45, 7) is 7.65. The Morgan fingerprint density at radius 3 is 2.73 bits per heavy atom. The fourth-order valence-electron chi connectivity index (χ4n) is 2.58.